The maximum absolute atomic E-state index is 11.9. The van der Waals surface area contributed by atoms with E-state index in [1.807, 2.05) is 6.92 Å². The van der Waals surface area contributed by atoms with E-state index in [0.29, 0.717) is 19.1 Å². The quantitative estimate of drug-likeness (QED) is 0.651. The lowest BCUT2D eigenvalue weighted by atomic mass is 10.1. The Morgan fingerprint density at radius 1 is 1.59 bits per heavy atom. The molecule has 1 atom stereocenters. The number of carbonyl (C=O) groups is 1. The SMILES string of the molecule is C=CCNC(=O)C(C)N(CCO)C1CCCC1. The van der Waals surface area contributed by atoms with Crippen LogP contribution in [0.5, 0.6) is 0 Å². The lowest BCUT2D eigenvalue weighted by Gasteiger charge is -2.33. The predicted octanol–water partition coefficient (Wildman–Crippen LogP) is 0.914. The molecule has 17 heavy (non-hydrogen) atoms. The van der Waals surface area contributed by atoms with Crippen molar-refractivity contribution in [1.82, 2.24) is 10.2 Å². The van der Waals surface area contributed by atoms with Gasteiger partial charge < -0.3 is 10.4 Å². The Kier molecular flexibility index (Phi) is 6.22. The lowest BCUT2D eigenvalue weighted by molar-refractivity contribution is -0.126. The standard InChI is InChI=1S/C13H24N2O2/c1-3-8-14-13(17)11(2)15(9-10-16)12-6-4-5-7-12/h3,11-12,16H,1,4-10H2,2H3,(H,14,17). The van der Waals surface area contributed by atoms with Gasteiger partial charge in [0, 0.05) is 19.1 Å². The van der Waals surface area contributed by atoms with Crippen LogP contribution in [-0.4, -0.2) is 47.7 Å². The molecule has 1 aliphatic carbocycles. The molecule has 4 nitrogen and oxygen atoms in total. The summed E-state index contributed by atoms with van der Waals surface area (Å²) in [5.74, 6) is 0.0188. The van der Waals surface area contributed by atoms with E-state index in [0.717, 1.165) is 12.8 Å². The second kappa shape index (κ2) is 7.45. The molecule has 0 aromatic heterocycles. The molecule has 0 heterocycles. The minimum Gasteiger partial charge on any atom is -0.395 e. The van der Waals surface area contributed by atoms with E-state index >= 15 is 0 Å². The molecule has 4 heteroatoms. The van der Waals surface area contributed by atoms with Crippen LogP contribution in [0, 0.1) is 0 Å². The van der Waals surface area contributed by atoms with Crippen molar-refractivity contribution in [1.29, 1.82) is 0 Å². The van der Waals surface area contributed by atoms with Crippen LogP contribution in [0.25, 0.3) is 0 Å². The van der Waals surface area contributed by atoms with Gasteiger partial charge in [-0.15, -0.1) is 6.58 Å². The number of aliphatic hydroxyl groups excluding tert-OH is 1. The highest BCUT2D eigenvalue weighted by Gasteiger charge is 2.29. The van der Waals surface area contributed by atoms with Crippen LogP contribution in [0.15, 0.2) is 12.7 Å². The van der Waals surface area contributed by atoms with Gasteiger partial charge in [-0.1, -0.05) is 18.9 Å². The van der Waals surface area contributed by atoms with Crippen molar-refractivity contribution in [2.75, 3.05) is 19.7 Å². The zero-order valence-electron chi connectivity index (χ0n) is 10.7. The number of hydrogen-bond acceptors (Lipinski definition) is 3. The smallest absolute Gasteiger partial charge is 0.237 e. The van der Waals surface area contributed by atoms with Crippen molar-refractivity contribution in [2.45, 2.75) is 44.7 Å². The number of hydrogen-bond donors (Lipinski definition) is 2. The monoisotopic (exact) mass is 240 g/mol. The first-order valence-corrected chi connectivity index (χ1v) is 6.46. The summed E-state index contributed by atoms with van der Waals surface area (Å²) in [4.78, 5) is 14.0. The molecule has 1 saturated carbocycles. The average molecular weight is 240 g/mol. The van der Waals surface area contributed by atoms with Gasteiger partial charge in [-0.25, -0.2) is 0 Å². The first-order valence-electron chi connectivity index (χ1n) is 6.46. The molecule has 0 bridgehead atoms. The van der Waals surface area contributed by atoms with Gasteiger partial charge in [0.2, 0.25) is 5.91 Å². The summed E-state index contributed by atoms with van der Waals surface area (Å²) >= 11 is 0. The fourth-order valence-electron chi connectivity index (χ4n) is 2.51. The zero-order valence-corrected chi connectivity index (χ0v) is 10.7. The van der Waals surface area contributed by atoms with Gasteiger partial charge in [-0.3, -0.25) is 9.69 Å². The Labute approximate surface area is 104 Å². The maximum Gasteiger partial charge on any atom is 0.237 e. The number of aliphatic hydroxyl groups is 1. The first-order chi connectivity index (χ1) is 8.20. The van der Waals surface area contributed by atoms with E-state index in [9.17, 15) is 4.79 Å². The number of rotatable bonds is 7. The van der Waals surface area contributed by atoms with Crippen LogP contribution in [-0.2, 0) is 4.79 Å². The normalized spacial score (nSPS) is 18.3. The molecule has 1 fully saturated rings. The molecule has 0 aromatic carbocycles. The van der Waals surface area contributed by atoms with Gasteiger partial charge in [0.1, 0.15) is 0 Å². The van der Waals surface area contributed by atoms with Gasteiger partial charge in [0.05, 0.1) is 12.6 Å². The molecule has 0 radical (unpaired) electrons. The summed E-state index contributed by atoms with van der Waals surface area (Å²) < 4.78 is 0. The maximum atomic E-state index is 11.9. The Morgan fingerprint density at radius 2 is 2.24 bits per heavy atom. The molecule has 2 N–H and O–H groups in total. The van der Waals surface area contributed by atoms with E-state index in [1.165, 1.54) is 12.8 Å². The third kappa shape index (κ3) is 4.13. The molecule has 1 amide bonds. The van der Waals surface area contributed by atoms with E-state index in [-0.39, 0.29) is 18.6 Å². The first kappa shape index (κ1) is 14.2. The van der Waals surface area contributed by atoms with Gasteiger partial charge in [-0.05, 0) is 19.8 Å². The van der Waals surface area contributed by atoms with E-state index in [2.05, 4.69) is 16.8 Å². The van der Waals surface area contributed by atoms with Crippen LogP contribution < -0.4 is 5.32 Å². The summed E-state index contributed by atoms with van der Waals surface area (Å²) in [5, 5.41) is 11.9. The molecule has 0 aliphatic heterocycles. The zero-order chi connectivity index (χ0) is 12.7. The van der Waals surface area contributed by atoms with Gasteiger partial charge in [0.25, 0.3) is 0 Å². The molecular formula is C13H24N2O2. The summed E-state index contributed by atoms with van der Waals surface area (Å²) in [5.41, 5.74) is 0. The fourth-order valence-corrected chi connectivity index (χ4v) is 2.51. The third-order valence-electron chi connectivity index (χ3n) is 3.45. The van der Waals surface area contributed by atoms with Crippen molar-refractivity contribution < 1.29 is 9.90 Å². The minimum atomic E-state index is -0.176. The highest BCUT2D eigenvalue weighted by molar-refractivity contribution is 5.81. The lowest BCUT2D eigenvalue weighted by Crippen LogP contribution is -2.50. The van der Waals surface area contributed by atoms with E-state index in [4.69, 9.17) is 5.11 Å². The second-order valence-electron chi connectivity index (χ2n) is 4.61. The molecule has 0 spiro atoms. The van der Waals surface area contributed by atoms with Crippen LogP contribution in [0.4, 0.5) is 0 Å². The second-order valence-corrected chi connectivity index (χ2v) is 4.61. The largest absolute Gasteiger partial charge is 0.395 e. The third-order valence-corrected chi connectivity index (χ3v) is 3.45. The average Bonchev–Trinajstić information content (AvgIpc) is 2.85. The number of amides is 1. The fraction of sp³-hybridized carbons (Fsp3) is 0.769. The highest BCUT2D eigenvalue weighted by Crippen LogP contribution is 2.24. The van der Waals surface area contributed by atoms with Crippen molar-refractivity contribution in [3.05, 3.63) is 12.7 Å². The Bertz CT molecular complexity index is 250. The minimum absolute atomic E-state index is 0.0188. The molecule has 0 saturated heterocycles. The summed E-state index contributed by atoms with van der Waals surface area (Å²) in [6.07, 6.45) is 6.41. The molecular weight excluding hydrogens is 216 g/mol. The van der Waals surface area contributed by atoms with Gasteiger partial charge in [-0.2, -0.15) is 0 Å². The molecule has 98 valence electrons. The Morgan fingerprint density at radius 3 is 2.76 bits per heavy atom. The molecule has 1 rings (SSSR count). The van der Waals surface area contributed by atoms with Gasteiger partial charge >= 0.3 is 0 Å². The van der Waals surface area contributed by atoms with Crippen LogP contribution >= 0.6 is 0 Å². The summed E-state index contributed by atoms with van der Waals surface area (Å²) in [7, 11) is 0. The van der Waals surface area contributed by atoms with Crippen molar-refractivity contribution in [3.8, 4) is 0 Å². The van der Waals surface area contributed by atoms with Crippen molar-refractivity contribution in [3.63, 3.8) is 0 Å². The predicted molar refractivity (Wildman–Crippen MR) is 68.7 cm³/mol. The van der Waals surface area contributed by atoms with E-state index in [1.54, 1.807) is 6.08 Å². The summed E-state index contributed by atoms with van der Waals surface area (Å²) in [6, 6.07) is 0.275. The summed E-state index contributed by atoms with van der Waals surface area (Å²) in [6.45, 7) is 6.68. The topological polar surface area (TPSA) is 52.6 Å². The van der Waals surface area contributed by atoms with Crippen LogP contribution in [0.3, 0.4) is 0 Å². The molecule has 1 unspecified atom stereocenters. The van der Waals surface area contributed by atoms with E-state index < -0.39 is 0 Å². The van der Waals surface area contributed by atoms with Crippen LogP contribution in [0.2, 0.25) is 0 Å². The van der Waals surface area contributed by atoms with Crippen molar-refractivity contribution >= 4 is 5.91 Å². The Hall–Kier alpha value is -0.870. The molecule has 0 aromatic rings. The molecule has 1 aliphatic rings. The number of carbonyl (C=O) groups excluding carboxylic acids is 1. The van der Waals surface area contributed by atoms with Gasteiger partial charge in [0.15, 0.2) is 0 Å². The van der Waals surface area contributed by atoms with Crippen molar-refractivity contribution in [2.24, 2.45) is 0 Å². The van der Waals surface area contributed by atoms with Crippen LogP contribution in [0.1, 0.15) is 32.6 Å². The highest BCUT2D eigenvalue weighted by atomic mass is 16.3. The Balaban J connectivity index is 2.55. The number of nitrogens with one attached hydrogen (secondary N) is 1. The number of nitrogens with zero attached hydrogens (tertiary/aromatic N) is 1.